The van der Waals surface area contributed by atoms with Gasteiger partial charge in [0.1, 0.15) is 0 Å². The quantitative estimate of drug-likeness (QED) is 0.229. The summed E-state index contributed by atoms with van der Waals surface area (Å²) in [5.74, 6) is 0.952. The Morgan fingerprint density at radius 2 is 1.32 bits per heavy atom. The number of hydrogen-bond acceptors (Lipinski definition) is 0. The van der Waals surface area contributed by atoms with E-state index in [4.69, 9.17) is 0 Å². The lowest BCUT2D eigenvalue weighted by atomic mass is 9.93. The minimum absolute atomic E-state index is 0.952. The molecular formula is C19H38. The zero-order valence-corrected chi connectivity index (χ0v) is 13.9. The lowest BCUT2D eigenvalue weighted by Crippen LogP contribution is -1.98. The molecule has 0 aromatic carbocycles. The van der Waals surface area contributed by atoms with Gasteiger partial charge in [0.2, 0.25) is 0 Å². The summed E-state index contributed by atoms with van der Waals surface area (Å²) in [4.78, 5) is 0. The maximum absolute atomic E-state index is 2.46. The molecule has 0 saturated heterocycles. The predicted molar refractivity (Wildman–Crippen MR) is 89.7 cm³/mol. The second-order valence-corrected chi connectivity index (χ2v) is 6.06. The summed E-state index contributed by atoms with van der Waals surface area (Å²) < 4.78 is 0. The van der Waals surface area contributed by atoms with Gasteiger partial charge in [-0.25, -0.2) is 0 Å². The van der Waals surface area contributed by atoms with Crippen LogP contribution in [0.5, 0.6) is 0 Å². The summed E-state index contributed by atoms with van der Waals surface area (Å²) in [7, 11) is 0. The second kappa shape index (κ2) is 15.8. The third kappa shape index (κ3) is 14.0. The summed E-state index contributed by atoms with van der Waals surface area (Å²) in [6, 6.07) is 0. The summed E-state index contributed by atoms with van der Waals surface area (Å²) in [5, 5.41) is 0. The van der Waals surface area contributed by atoms with Crippen molar-refractivity contribution >= 4 is 0 Å². The molecule has 0 aromatic rings. The van der Waals surface area contributed by atoms with Crippen molar-refractivity contribution in [2.45, 2.75) is 104 Å². The SMILES string of the molecule is CCCCCCCC=CCC(CCC)CCCCC. The highest BCUT2D eigenvalue weighted by Crippen LogP contribution is 2.20. The average molecular weight is 267 g/mol. The molecule has 0 radical (unpaired) electrons. The first-order chi connectivity index (χ1) is 9.35. The average Bonchev–Trinajstić information content (AvgIpc) is 2.42. The molecule has 114 valence electrons. The Morgan fingerprint density at radius 3 is 2.00 bits per heavy atom. The van der Waals surface area contributed by atoms with Crippen LogP contribution in [0.2, 0.25) is 0 Å². The van der Waals surface area contributed by atoms with Crippen molar-refractivity contribution in [3.05, 3.63) is 12.2 Å². The van der Waals surface area contributed by atoms with E-state index in [9.17, 15) is 0 Å². The van der Waals surface area contributed by atoms with Crippen molar-refractivity contribution < 1.29 is 0 Å². The van der Waals surface area contributed by atoms with Crippen molar-refractivity contribution in [1.82, 2.24) is 0 Å². The largest absolute Gasteiger partial charge is 0.0885 e. The van der Waals surface area contributed by atoms with Gasteiger partial charge in [-0.2, -0.15) is 0 Å². The van der Waals surface area contributed by atoms with Crippen LogP contribution in [0.25, 0.3) is 0 Å². The topological polar surface area (TPSA) is 0 Å². The lowest BCUT2D eigenvalue weighted by Gasteiger charge is -2.13. The minimum atomic E-state index is 0.952. The number of rotatable bonds is 14. The van der Waals surface area contributed by atoms with E-state index in [1.165, 1.54) is 83.5 Å². The van der Waals surface area contributed by atoms with Crippen LogP contribution >= 0.6 is 0 Å². The van der Waals surface area contributed by atoms with Gasteiger partial charge in [-0.3, -0.25) is 0 Å². The van der Waals surface area contributed by atoms with Crippen molar-refractivity contribution in [3.63, 3.8) is 0 Å². The smallest absolute Gasteiger partial charge is 0.0322 e. The Balaban J connectivity index is 3.54. The van der Waals surface area contributed by atoms with E-state index in [0.717, 1.165) is 5.92 Å². The van der Waals surface area contributed by atoms with E-state index in [1.807, 2.05) is 0 Å². The molecule has 19 heavy (non-hydrogen) atoms. The summed E-state index contributed by atoms with van der Waals surface area (Å²) in [6.07, 6.45) is 23.0. The molecule has 0 aliphatic carbocycles. The lowest BCUT2D eigenvalue weighted by molar-refractivity contribution is 0.428. The van der Waals surface area contributed by atoms with Gasteiger partial charge < -0.3 is 0 Å². The van der Waals surface area contributed by atoms with Crippen LogP contribution in [-0.2, 0) is 0 Å². The molecule has 0 heteroatoms. The third-order valence-electron chi connectivity index (χ3n) is 4.02. The van der Waals surface area contributed by atoms with Gasteiger partial charge in [0.25, 0.3) is 0 Å². The molecule has 0 nitrogen and oxygen atoms in total. The zero-order valence-electron chi connectivity index (χ0n) is 13.9. The Bertz CT molecular complexity index is 180. The predicted octanol–water partition coefficient (Wildman–Crippen LogP) is 7.29. The van der Waals surface area contributed by atoms with E-state index in [2.05, 4.69) is 32.9 Å². The molecule has 0 aliphatic heterocycles. The Kier molecular flexibility index (Phi) is 15.6. The van der Waals surface area contributed by atoms with Crippen LogP contribution in [0.1, 0.15) is 104 Å². The van der Waals surface area contributed by atoms with Crippen molar-refractivity contribution in [3.8, 4) is 0 Å². The van der Waals surface area contributed by atoms with Gasteiger partial charge in [-0.15, -0.1) is 0 Å². The van der Waals surface area contributed by atoms with Crippen molar-refractivity contribution in [1.29, 1.82) is 0 Å². The van der Waals surface area contributed by atoms with Crippen LogP contribution in [0, 0.1) is 5.92 Å². The van der Waals surface area contributed by atoms with Gasteiger partial charge in [0, 0.05) is 0 Å². The summed E-state index contributed by atoms with van der Waals surface area (Å²) >= 11 is 0. The first-order valence-corrected chi connectivity index (χ1v) is 9.00. The van der Waals surface area contributed by atoms with Gasteiger partial charge in [-0.1, -0.05) is 97.1 Å². The maximum Gasteiger partial charge on any atom is -0.0322 e. The van der Waals surface area contributed by atoms with E-state index in [1.54, 1.807) is 0 Å². The number of unbranched alkanes of at least 4 members (excludes halogenated alkanes) is 7. The molecule has 0 N–H and O–H groups in total. The van der Waals surface area contributed by atoms with E-state index in [0.29, 0.717) is 0 Å². The summed E-state index contributed by atoms with van der Waals surface area (Å²) in [6.45, 7) is 6.91. The van der Waals surface area contributed by atoms with Gasteiger partial charge in [0.05, 0.1) is 0 Å². The fraction of sp³-hybridized carbons (Fsp3) is 0.895. The molecule has 0 fully saturated rings. The fourth-order valence-electron chi connectivity index (χ4n) is 2.74. The van der Waals surface area contributed by atoms with Crippen LogP contribution in [0.4, 0.5) is 0 Å². The highest BCUT2D eigenvalue weighted by Gasteiger charge is 2.04. The fourth-order valence-corrected chi connectivity index (χ4v) is 2.74. The molecule has 0 spiro atoms. The first kappa shape index (κ1) is 18.7. The van der Waals surface area contributed by atoms with Gasteiger partial charge >= 0.3 is 0 Å². The number of hydrogen-bond donors (Lipinski definition) is 0. The van der Waals surface area contributed by atoms with Crippen molar-refractivity contribution in [2.24, 2.45) is 5.92 Å². The molecule has 0 aromatic heterocycles. The Morgan fingerprint density at radius 1 is 0.632 bits per heavy atom. The van der Waals surface area contributed by atoms with E-state index in [-0.39, 0.29) is 0 Å². The zero-order chi connectivity index (χ0) is 14.2. The van der Waals surface area contributed by atoms with Crippen LogP contribution in [-0.4, -0.2) is 0 Å². The minimum Gasteiger partial charge on any atom is -0.0885 e. The van der Waals surface area contributed by atoms with Crippen molar-refractivity contribution in [2.75, 3.05) is 0 Å². The molecule has 0 aliphatic rings. The van der Waals surface area contributed by atoms with Gasteiger partial charge in [0.15, 0.2) is 0 Å². The first-order valence-electron chi connectivity index (χ1n) is 9.00. The Labute approximate surface area is 123 Å². The van der Waals surface area contributed by atoms with Gasteiger partial charge in [-0.05, 0) is 25.2 Å². The molecule has 0 amide bonds. The molecular weight excluding hydrogens is 228 g/mol. The molecule has 1 unspecified atom stereocenters. The number of allylic oxidation sites excluding steroid dienone is 2. The maximum atomic E-state index is 2.46. The van der Waals surface area contributed by atoms with E-state index < -0.39 is 0 Å². The van der Waals surface area contributed by atoms with Crippen LogP contribution < -0.4 is 0 Å². The molecule has 0 heterocycles. The van der Waals surface area contributed by atoms with E-state index >= 15 is 0 Å². The third-order valence-corrected chi connectivity index (χ3v) is 4.02. The molecule has 0 saturated carbocycles. The normalized spacial score (nSPS) is 13.2. The van der Waals surface area contributed by atoms with Crippen LogP contribution in [0.15, 0.2) is 12.2 Å². The Hall–Kier alpha value is -0.260. The highest BCUT2D eigenvalue weighted by atomic mass is 14.1. The summed E-state index contributed by atoms with van der Waals surface area (Å²) in [5.41, 5.74) is 0. The molecule has 0 bridgehead atoms. The monoisotopic (exact) mass is 266 g/mol. The second-order valence-electron chi connectivity index (χ2n) is 6.06. The van der Waals surface area contributed by atoms with Crippen LogP contribution in [0.3, 0.4) is 0 Å². The molecule has 1 atom stereocenters. The standard InChI is InChI=1S/C19H38/c1-4-7-9-10-11-12-13-15-18-19(16-6-3)17-14-8-5-2/h13,15,19H,4-12,14,16-18H2,1-3H3. The molecule has 0 rings (SSSR count). The highest BCUT2D eigenvalue weighted by molar-refractivity contribution is 4.84.